The molecule has 0 N–H and O–H groups in total. The highest BCUT2D eigenvalue weighted by Crippen LogP contribution is 1.74. The van der Waals surface area contributed by atoms with Crippen molar-refractivity contribution in [2.75, 3.05) is 13.7 Å². The molecule has 0 aliphatic rings. The Balaban J connectivity index is 2.98. The van der Waals surface area contributed by atoms with Crippen LogP contribution in [0.1, 0.15) is 6.92 Å². The Labute approximate surface area is 42.8 Å². The van der Waals surface area contributed by atoms with Crippen LogP contribution in [0.5, 0.6) is 0 Å². The van der Waals surface area contributed by atoms with Crippen molar-refractivity contribution in [2.45, 2.75) is 6.92 Å². The number of carbonyl (C=O) groups excluding carboxylic acids is 1. The molecule has 0 unspecified atom stereocenters. The van der Waals surface area contributed by atoms with Gasteiger partial charge in [0.25, 0.3) is 0 Å². The van der Waals surface area contributed by atoms with Gasteiger partial charge >= 0.3 is 6.41 Å². The van der Waals surface area contributed by atoms with E-state index in [-0.39, 0.29) is 0 Å². The van der Waals surface area contributed by atoms with E-state index < -0.39 is 0 Å². The van der Waals surface area contributed by atoms with Gasteiger partial charge in [0.15, 0.2) is 0 Å². The summed E-state index contributed by atoms with van der Waals surface area (Å²) in [5.74, 6) is 0. The summed E-state index contributed by atoms with van der Waals surface area (Å²) in [6, 6.07) is 0. The second-order valence-corrected chi connectivity index (χ2v) is 1.01. The Morgan fingerprint density at radius 3 is 2.57 bits per heavy atom. The zero-order chi connectivity index (χ0) is 5.70. The molecular weight excluding hydrogens is 94.0 g/mol. The summed E-state index contributed by atoms with van der Waals surface area (Å²) >= 11 is 0. The zero-order valence-electron chi connectivity index (χ0n) is 4.47. The summed E-state index contributed by atoms with van der Waals surface area (Å²) in [4.78, 5) is 14.2. The second-order valence-electron chi connectivity index (χ2n) is 1.01. The van der Waals surface area contributed by atoms with Gasteiger partial charge in [-0.15, -0.1) is 0 Å². The van der Waals surface area contributed by atoms with Crippen LogP contribution < -0.4 is 0 Å². The van der Waals surface area contributed by atoms with Crippen molar-refractivity contribution in [1.82, 2.24) is 5.06 Å². The molecule has 0 aromatic rings. The molecule has 1 radical (unpaired) electrons. The van der Waals surface area contributed by atoms with Crippen molar-refractivity contribution in [1.29, 1.82) is 0 Å². The third-order valence-corrected chi connectivity index (χ3v) is 0.451. The number of hydrogen-bond donors (Lipinski definition) is 0. The highest BCUT2D eigenvalue weighted by atomic mass is 16.7. The average Bonchev–Trinajstić information content (AvgIpc) is 1.68. The van der Waals surface area contributed by atoms with E-state index in [0.29, 0.717) is 6.61 Å². The minimum atomic E-state index is 0.506. The predicted octanol–water partition coefficient (Wildman–Crippen LogP) is -0.0631. The summed E-state index contributed by atoms with van der Waals surface area (Å²) in [7, 11) is 1.50. The first-order valence-electron chi connectivity index (χ1n) is 2.05. The molecule has 3 heteroatoms. The normalized spacial score (nSPS) is 8.29. The van der Waals surface area contributed by atoms with Gasteiger partial charge in [-0.1, -0.05) is 0 Å². The molecule has 0 saturated heterocycles. The predicted molar refractivity (Wildman–Crippen MR) is 25.1 cm³/mol. The third-order valence-electron chi connectivity index (χ3n) is 0.451. The quantitative estimate of drug-likeness (QED) is 0.369. The molecule has 0 spiro atoms. The van der Waals surface area contributed by atoms with Gasteiger partial charge in [0, 0.05) is 7.05 Å². The fraction of sp³-hybridized carbons (Fsp3) is 0.750. The van der Waals surface area contributed by atoms with Crippen molar-refractivity contribution in [3.8, 4) is 0 Å². The molecule has 3 nitrogen and oxygen atoms in total. The molecular formula is C4H8NO2. The van der Waals surface area contributed by atoms with Gasteiger partial charge < -0.3 is 0 Å². The maximum Gasteiger partial charge on any atom is 0.337 e. The lowest BCUT2D eigenvalue weighted by atomic mass is 10.9. The Hall–Kier alpha value is -0.570. The zero-order valence-corrected chi connectivity index (χ0v) is 4.47. The molecule has 0 bridgehead atoms. The van der Waals surface area contributed by atoms with E-state index in [9.17, 15) is 4.79 Å². The molecule has 0 fully saturated rings. The van der Waals surface area contributed by atoms with Crippen LogP contribution >= 0.6 is 0 Å². The van der Waals surface area contributed by atoms with Crippen molar-refractivity contribution in [3.63, 3.8) is 0 Å². The summed E-state index contributed by atoms with van der Waals surface area (Å²) in [5, 5.41) is 1.00. The first-order chi connectivity index (χ1) is 3.31. The van der Waals surface area contributed by atoms with E-state index in [1.807, 2.05) is 0 Å². The van der Waals surface area contributed by atoms with Crippen LogP contribution in [0.4, 0.5) is 0 Å². The summed E-state index contributed by atoms with van der Waals surface area (Å²) < 4.78 is 0. The van der Waals surface area contributed by atoms with Gasteiger partial charge in [0.1, 0.15) is 0 Å². The van der Waals surface area contributed by atoms with Crippen LogP contribution in [0.3, 0.4) is 0 Å². The van der Waals surface area contributed by atoms with Crippen LogP contribution in [-0.2, 0) is 9.63 Å². The Bertz CT molecular complexity index is 55.7. The van der Waals surface area contributed by atoms with Crippen LogP contribution in [0.25, 0.3) is 0 Å². The van der Waals surface area contributed by atoms with Gasteiger partial charge in [0.2, 0.25) is 0 Å². The first kappa shape index (κ1) is 6.43. The minimum Gasteiger partial charge on any atom is -0.271 e. The van der Waals surface area contributed by atoms with Crippen molar-refractivity contribution < 1.29 is 9.63 Å². The largest absolute Gasteiger partial charge is 0.337 e. The topological polar surface area (TPSA) is 29.5 Å². The maximum absolute atomic E-state index is 9.57. The molecule has 0 aromatic heterocycles. The van der Waals surface area contributed by atoms with E-state index in [2.05, 4.69) is 4.84 Å². The Morgan fingerprint density at radius 2 is 2.43 bits per heavy atom. The maximum atomic E-state index is 9.57. The molecule has 0 atom stereocenters. The van der Waals surface area contributed by atoms with E-state index in [4.69, 9.17) is 0 Å². The number of nitrogens with zero attached hydrogens (tertiary/aromatic N) is 1. The molecule has 0 rings (SSSR count). The van der Waals surface area contributed by atoms with Crippen LogP contribution in [0.15, 0.2) is 0 Å². The van der Waals surface area contributed by atoms with Crippen molar-refractivity contribution in [2.24, 2.45) is 0 Å². The lowest BCUT2D eigenvalue weighted by Crippen LogP contribution is -2.15. The SMILES string of the molecule is CCON(C)[C]=O. The number of rotatable bonds is 3. The lowest BCUT2D eigenvalue weighted by Gasteiger charge is -2.04. The van der Waals surface area contributed by atoms with Crippen LogP contribution in [-0.4, -0.2) is 25.1 Å². The van der Waals surface area contributed by atoms with Gasteiger partial charge in [-0.05, 0) is 6.92 Å². The van der Waals surface area contributed by atoms with E-state index in [1.165, 1.54) is 13.5 Å². The highest BCUT2D eigenvalue weighted by Gasteiger charge is 1.86. The van der Waals surface area contributed by atoms with E-state index in [1.54, 1.807) is 6.92 Å². The highest BCUT2D eigenvalue weighted by molar-refractivity contribution is 5.45. The van der Waals surface area contributed by atoms with Crippen LogP contribution in [0.2, 0.25) is 0 Å². The lowest BCUT2D eigenvalue weighted by molar-refractivity contribution is -0.0739. The molecule has 1 amide bonds. The average molecular weight is 102 g/mol. The summed E-state index contributed by atoms with van der Waals surface area (Å²) in [5.41, 5.74) is 0. The Morgan fingerprint density at radius 1 is 1.86 bits per heavy atom. The number of hydroxylamine groups is 2. The minimum absolute atomic E-state index is 0.506. The third kappa shape index (κ3) is 3.26. The van der Waals surface area contributed by atoms with Gasteiger partial charge in [-0.2, -0.15) is 0 Å². The fourth-order valence-corrected chi connectivity index (χ4v) is 0.220. The molecule has 0 aromatic carbocycles. The molecule has 7 heavy (non-hydrogen) atoms. The van der Waals surface area contributed by atoms with E-state index in [0.717, 1.165) is 5.06 Å². The summed E-state index contributed by atoms with van der Waals surface area (Å²) in [6.07, 6.45) is 1.53. The fourth-order valence-electron chi connectivity index (χ4n) is 0.220. The van der Waals surface area contributed by atoms with Gasteiger partial charge in [-0.3, -0.25) is 9.63 Å². The van der Waals surface area contributed by atoms with Crippen molar-refractivity contribution in [3.05, 3.63) is 0 Å². The summed E-state index contributed by atoms with van der Waals surface area (Å²) in [6.45, 7) is 2.31. The second kappa shape index (κ2) is 3.61. The molecule has 0 aliphatic carbocycles. The molecule has 0 heterocycles. The molecule has 0 saturated carbocycles. The van der Waals surface area contributed by atoms with Gasteiger partial charge in [-0.25, -0.2) is 5.06 Å². The standard InChI is InChI=1S/C4H8NO2/c1-3-7-5(2)4-6/h3H2,1-2H3. The smallest absolute Gasteiger partial charge is 0.271 e. The van der Waals surface area contributed by atoms with E-state index >= 15 is 0 Å². The van der Waals surface area contributed by atoms with Crippen LogP contribution in [0, 0.1) is 0 Å². The first-order valence-corrected chi connectivity index (χ1v) is 2.05. The number of amides is 1. The van der Waals surface area contributed by atoms with Gasteiger partial charge in [0.05, 0.1) is 6.61 Å². The monoisotopic (exact) mass is 102 g/mol. The van der Waals surface area contributed by atoms with Crippen molar-refractivity contribution >= 4 is 6.41 Å². The molecule has 41 valence electrons. The number of hydrogen-bond acceptors (Lipinski definition) is 2. The molecule has 0 aliphatic heterocycles. The Kier molecular flexibility index (Phi) is 3.32.